The highest BCUT2D eigenvalue weighted by molar-refractivity contribution is 6.30. The van der Waals surface area contributed by atoms with Gasteiger partial charge in [0.25, 0.3) is 0 Å². The molecule has 0 aromatic heterocycles. The van der Waals surface area contributed by atoms with Crippen molar-refractivity contribution in [1.29, 1.82) is 5.26 Å². The molecule has 0 spiro atoms. The molecule has 41 heavy (non-hydrogen) atoms. The molecular weight excluding hydrogens is 529 g/mol. The second-order valence-corrected chi connectivity index (χ2v) is 12.2. The number of rotatable bonds is 7. The van der Waals surface area contributed by atoms with Crippen LogP contribution >= 0.6 is 11.6 Å². The summed E-state index contributed by atoms with van der Waals surface area (Å²) >= 11 is 6.03. The van der Waals surface area contributed by atoms with Crippen LogP contribution in [0.15, 0.2) is 113 Å². The summed E-state index contributed by atoms with van der Waals surface area (Å²) in [5.74, 6) is 0.0557. The van der Waals surface area contributed by atoms with Crippen LogP contribution in [0.5, 0.6) is 0 Å². The third kappa shape index (κ3) is 7.93. The average Bonchev–Trinajstić information content (AvgIpc) is 3.25. The lowest BCUT2D eigenvalue weighted by molar-refractivity contribution is -0.111. The standard InChI is InChI=1S/C37H37ClFNO/c1-25(27-12-16-32(38)17-13-27)9-20-36(41)30-11-10-29(22-37(3,4)23-30)34-8-6-5-7-31(24-40)35(34)21-26(2)28-14-18-33(39)19-15-28/h5,7-9,12-21,23,25,29H,6,10-11,22H2,1-4H3/b20-9+,26-21+/t25-,29?/m1/s1. The first-order chi connectivity index (χ1) is 19.6. The van der Waals surface area contributed by atoms with Gasteiger partial charge in [0.15, 0.2) is 5.78 Å². The van der Waals surface area contributed by atoms with Crippen LogP contribution in [0.25, 0.3) is 5.57 Å². The van der Waals surface area contributed by atoms with Crippen molar-refractivity contribution in [2.45, 2.75) is 59.3 Å². The number of halogens is 2. The van der Waals surface area contributed by atoms with Gasteiger partial charge < -0.3 is 0 Å². The largest absolute Gasteiger partial charge is 0.290 e. The predicted molar refractivity (Wildman–Crippen MR) is 168 cm³/mol. The molecule has 0 saturated heterocycles. The Morgan fingerprint density at radius 1 is 1.15 bits per heavy atom. The smallest absolute Gasteiger partial charge is 0.181 e. The van der Waals surface area contributed by atoms with Gasteiger partial charge in [0.2, 0.25) is 0 Å². The predicted octanol–water partition coefficient (Wildman–Crippen LogP) is 10.3. The van der Waals surface area contributed by atoms with Gasteiger partial charge in [-0.1, -0.05) is 80.9 Å². The minimum Gasteiger partial charge on any atom is -0.290 e. The van der Waals surface area contributed by atoms with Gasteiger partial charge in [0.1, 0.15) is 5.82 Å². The molecule has 2 atom stereocenters. The Morgan fingerprint density at radius 3 is 2.54 bits per heavy atom. The molecule has 210 valence electrons. The van der Waals surface area contributed by atoms with Gasteiger partial charge in [-0.2, -0.15) is 5.26 Å². The normalized spacial score (nSPS) is 20.1. The third-order valence-corrected chi connectivity index (χ3v) is 8.18. The van der Waals surface area contributed by atoms with Crippen LogP contribution in [0.4, 0.5) is 4.39 Å². The van der Waals surface area contributed by atoms with Crippen molar-refractivity contribution in [2.24, 2.45) is 11.3 Å². The Balaban J connectivity index is 1.58. The van der Waals surface area contributed by atoms with Crippen molar-refractivity contribution in [3.63, 3.8) is 0 Å². The first kappa shape index (κ1) is 30.2. The second kappa shape index (κ2) is 13.3. The van der Waals surface area contributed by atoms with E-state index in [9.17, 15) is 14.4 Å². The van der Waals surface area contributed by atoms with E-state index in [0.717, 1.165) is 52.7 Å². The Kier molecular flexibility index (Phi) is 9.79. The van der Waals surface area contributed by atoms with Crippen molar-refractivity contribution < 1.29 is 9.18 Å². The summed E-state index contributed by atoms with van der Waals surface area (Å²) in [6.07, 6.45) is 17.1. The number of carbonyl (C=O) groups excluding carboxylic acids is 1. The fourth-order valence-electron chi connectivity index (χ4n) is 5.74. The van der Waals surface area contributed by atoms with Crippen LogP contribution in [-0.2, 0) is 4.79 Å². The monoisotopic (exact) mass is 565 g/mol. The zero-order chi connectivity index (χ0) is 29.6. The van der Waals surface area contributed by atoms with Crippen LogP contribution in [0.3, 0.4) is 0 Å². The van der Waals surface area contributed by atoms with E-state index in [0.29, 0.717) is 17.0 Å². The maximum absolute atomic E-state index is 13.5. The van der Waals surface area contributed by atoms with Crippen molar-refractivity contribution in [1.82, 2.24) is 0 Å². The summed E-state index contributed by atoms with van der Waals surface area (Å²) in [7, 11) is 0. The Morgan fingerprint density at radius 2 is 1.85 bits per heavy atom. The van der Waals surface area contributed by atoms with Crippen molar-refractivity contribution >= 4 is 23.0 Å². The van der Waals surface area contributed by atoms with Crippen LogP contribution in [0.2, 0.25) is 5.02 Å². The lowest BCUT2D eigenvalue weighted by Crippen LogP contribution is -2.16. The van der Waals surface area contributed by atoms with Gasteiger partial charge in [-0.3, -0.25) is 4.79 Å². The molecule has 2 aromatic carbocycles. The minimum absolute atomic E-state index is 0.0524. The first-order valence-corrected chi connectivity index (χ1v) is 14.6. The van der Waals surface area contributed by atoms with Crippen LogP contribution < -0.4 is 0 Å². The first-order valence-electron chi connectivity index (χ1n) is 14.2. The molecule has 2 aliphatic carbocycles. The number of carbonyl (C=O) groups is 1. The van der Waals surface area contributed by atoms with E-state index in [1.54, 1.807) is 18.2 Å². The maximum Gasteiger partial charge on any atom is 0.181 e. The summed E-state index contributed by atoms with van der Waals surface area (Å²) in [5.41, 5.74) is 6.32. The number of ketones is 1. The molecule has 0 amide bonds. The summed E-state index contributed by atoms with van der Waals surface area (Å²) < 4.78 is 13.5. The van der Waals surface area contributed by atoms with Crippen LogP contribution in [0, 0.1) is 28.5 Å². The van der Waals surface area contributed by atoms with Gasteiger partial charge in [0.05, 0.1) is 11.6 Å². The fourth-order valence-corrected chi connectivity index (χ4v) is 5.87. The summed E-state index contributed by atoms with van der Waals surface area (Å²) in [4.78, 5) is 13.4. The van der Waals surface area contributed by atoms with Crippen LogP contribution in [-0.4, -0.2) is 5.78 Å². The van der Waals surface area contributed by atoms with E-state index in [2.05, 4.69) is 45.1 Å². The van der Waals surface area contributed by atoms with Gasteiger partial charge in [0, 0.05) is 5.02 Å². The van der Waals surface area contributed by atoms with E-state index in [1.165, 1.54) is 12.1 Å². The quantitative estimate of drug-likeness (QED) is 0.313. The second-order valence-electron chi connectivity index (χ2n) is 11.7. The molecule has 0 bridgehead atoms. The maximum atomic E-state index is 13.5. The zero-order valence-electron chi connectivity index (χ0n) is 24.3. The van der Waals surface area contributed by atoms with E-state index >= 15 is 0 Å². The highest BCUT2D eigenvalue weighted by Crippen LogP contribution is 2.43. The molecule has 2 aromatic rings. The average molecular weight is 566 g/mol. The molecule has 4 rings (SSSR count). The van der Waals surface area contributed by atoms with E-state index in [4.69, 9.17) is 11.6 Å². The van der Waals surface area contributed by atoms with Gasteiger partial charge in [-0.05, 0) is 126 Å². The minimum atomic E-state index is -0.274. The van der Waals surface area contributed by atoms with Crippen molar-refractivity contribution in [3.8, 4) is 6.07 Å². The zero-order valence-corrected chi connectivity index (χ0v) is 25.0. The topological polar surface area (TPSA) is 40.9 Å². The highest BCUT2D eigenvalue weighted by Gasteiger charge is 2.31. The summed E-state index contributed by atoms with van der Waals surface area (Å²) in [5, 5.41) is 10.8. The van der Waals surface area contributed by atoms with Crippen molar-refractivity contribution in [3.05, 3.63) is 135 Å². The third-order valence-electron chi connectivity index (χ3n) is 7.93. The van der Waals surface area contributed by atoms with Crippen LogP contribution in [0.1, 0.15) is 70.4 Å². The highest BCUT2D eigenvalue weighted by atomic mass is 35.5. The van der Waals surface area contributed by atoms with E-state index < -0.39 is 0 Å². The number of hydrogen-bond acceptors (Lipinski definition) is 2. The number of allylic oxidation sites excluding steroid dienone is 12. The van der Waals surface area contributed by atoms with Gasteiger partial charge in [-0.15, -0.1) is 0 Å². The molecule has 1 unspecified atom stereocenters. The van der Waals surface area contributed by atoms with E-state index in [-0.39, 0.29) is 28.9 Å². The number of nitriles is 1. The molecule has 0 heterocycles. The molecule has 0 fully saturated rings. The number of nitrogens with zero attached hydrogens (tertiary/aromatic N) is 1. The Bertz CT molecular complexity index is 1510. The Labute approximate surface area is 248 Å². The molecule has 0 N–H and O–H groups in total. The van der Waals surface area contributed by atoms with Crippen molar-refractivity contribution in [2.75, 3.05) is 0 Å². The van der Waals surface area contributed by atoms with E-state index in [1.807, 2.05) is 49.4 Å². The fraction of sp³-hybridized carbons (Fsp3) is 0.297. The molecule has 4 heteroatoms. The summed E-state index contributed by atoms with van der Waals surface area (Å²) in [6, 6.07) is 16.6. The molecular formula is C37H37ClFNO. The lowest BCUT2D eigenvalue weighted by atomic mass is 9.76. The lowest BCUT2D eigenvalue weighted by Gasteiger charge is -2.28. The SMILES string of the molecule is C/C(=C\C1=C(C#N)C=CCC=C1C1CCC(C(=O)/C=C/[C@@H](C)c2ccc(Cl)cc2)=CC(C)(C)C1)c1ccc(F)cc1. The number of benzene rings is 2. The molecule has 0 saturated carbocycles. The number of hydrogen-bond donors (Lipinski definition) is 0. The molecule has 0 radical (unpaired) electrons. The Hall–Kier alpha value is -3.74. The molecule has 2 aliphatic rings. The molecule has 2 nitrogen and oxygen atoms in total. The van der Waals surface area contributed by atoms with Gasteiger partial charge >= 0.3 is 0 Å². The van der Waals surface area contributed by atoms with Gasteiger partial charge in [-0.25, -0.2) is 4.39 Å². The molecule has 0 aliphatic heterocycles. The summed E-state index contributed by atoms with van der Waals surface area (Å²) in [6.45, 7) is 8.43.